The first-order valence-electron chi connectivity index (χ1n) is 5.11. The Bertz CT molecular complexity index is 429. The van der Waals surface area contributed by atoms with Gasteiger partial charge < -0.3 is 10.6 Å². The molecule has 1 aliphatic carbocycles. The van der Waals surface area contributed by atoms with Crippen molar-refractivity contribution < 1.29 is 9.18 Å². The van der Waals surface area contributed by atoms with Crippen molar-refractivity contribution in [1.29, 1.82) is 0 Å². The first-order chi connectivity index (χ1) is 7.24. The molecule has 2 N–H and O–H groups in total. The van der Waals surface area contributed by atoms with E-state index in [-0.39, 0.29) is 17.9 Å². The molecule has 1 aromatic rings. The second-order valence-corrected chi connectivity index (χ2v) is 4.15. The van der Waals surface area contributed by atoms with E-state index in [2.05, 4.69) is 10.6 Å². The summed E-state index contributed by atoms with van der Waals surface area (Å²) in [5.41, 5.74) is 1.61. The Morgan fingerprint density at radius 1 is 1.33 bits per heavy atom. The van der Waals surface area contributed by atoms with Crippen LogP contribution in [0.3, 0.4) is 0 Å². The molecule has 0 spiro atoms. The molecule has 4 heteroatoms. The fourth-order valence-electron chi connectivity index (χ4n) is 2.09. The Balaban J connectivity index is 2.05. The summed E-state index contributed by atoms with van der Waals surface area (Å²) in [6.07, 6.45) is 2.28. The van der Waals surface area contributed by atoms with Gasteiger partial charge >= 0.3 is 6.03 Å². The molecule has 0 aromatic heterocycles. The van der Waals surface area contributed by atoms with Crippen LogP contribution in [0.2, 0.25) is 0 Å². The molecule has 0 radical (unpaired) electrons. The maximum Gasteiger partial charge on any atom is 0.319 e. The summed E-state index contributed by atoms with van der Waals surface area (Å²) >= 11 is 0. The van der Waals surface area contributed by atoms with Crippen molar-refractivity contribution in [3.8, 4) is 0 Å². The van der Waals surface area contributed by atoms with Gasteiger partial charge in [0.2, 0.25) is 0 Å². The standard InChI is InChI=1S/C11H11FN2O/c12-7-3-4-8-9(5-7)13-11(15)14-10(8)6-1-2-6/h3-6,10H,1-2H2,(H2,13,14,15). The van der Waals surface area contributed by atoms with Crippen molar-refractivity contribution >= 4 is 11.7 Å². The van der Waals surface area contributed by atoms with Crippen molar-refractivity contribution in [2.45, 2.75) is 18.9 Å². The molecule has 1 heterocycles. The Labute approximate surface area is 86.7 Å². The van der Waals surface area contributed by atoms with Gasteiger partial charge in [-0.2, -0.15) is 0 Å². The lowest BCUT2D eigenvalue weighted by Gasteiger charge is -2.27. The number of hydrogen-bond donors (Lipinski definition) is 2. The maximum atomic E-state index is 13.0. The second kappa shape index (κ2) is 2.95. The minimum absolute atomic E-state index is 0.0642. The number of nitrogens with one attached hydrogen (secondary N) is 2. The van der Waals surface area contributed by atoms with Crippen LogP contribution in [0.15, 0.2) is 18.2 Å². The fraction of sp³-hybridized carbons (Fsp3) is 0.364. The quantitative estimate of drug-likeness (QED) is 0.727. The molecular weight excluding hydrogens is 195 g/mol. The van der Waals surface area contributed by atoms with Crippen molar-refractivity contribution in [2.24, 2.45) is 5.92 Å². The third kappa shape index (κ3) is 1.46. The van der Waals surface area contributed by atoms with E-state index in [0.29, 0.717) is 11.6 Å². The molecule has 0 saturated heterocycles. The molecule has 0 bridgehead atoms. The van der Waals surface area contributed by atoms with Crippen LogP contribution in [0.25, 0.3) is 0 Å². The van der Waals surface area contributed by atoms with Gasteiger partial charge in [-0.1, -0.05) is 6.07 Å². The van der Waals surface area contributed by atoms with Crippen molar-refractivity contribution in [3.63, 3.8) is 0 Å². The highest BCUT2D eigenvalue weighted by Crippen LogP contribution is 2.44. The average molecular weight is 206 g/mol. The number of carbonyl (C=O) groups excluding carboxylic acids is 1. The summed E-state index contributed by atoms with van der Waals surface area (Å²) in [4.78, 5) is 11.3. The van der Waals surface area contributed by atoms with Gasteiger partial charge in [0.25, 0.3) is 0 Å². The van der Waals surface area contributed by atoms with Gasteiger partial charge in [0.15, 0.2) is 0 Å². The van der Waals surface area contributed by atoms with Crippen LogP contribution >= 0.6 is 0 Å². The SMILES string of the molecule is O=C1Nc2cc(F)ccc2C(C2CC2)N1. The van der Waals surface area contributed by atoms with Gasteiger partial charge in [0.1, 0.15) is 5.82 Å². The van der Waals surface area contributed by atoms with E-state index < -0.39 is 0 Å². The lowest BCUT2D eigenvalue weighted by molar-refractivity contribution is 0.245. The van der Waals surface area contributed by atoms with Gasteiger partial charge in [0, 0.05) is 0 Å². The van der Waals surface area contributed by atoms with E-state index in [4.69, 9.17) is 0 Å². The van der Waals surface area contributed by atoms with Crippen LogP contribution < -0.4 is 10.6 Å². The van der Waals surface area contributed by atoms with Crippen LogP contribution in [0.5, 0.6) is 0 Å². The van der Waals surface area contributed by atoms with Crippen molar-refractivity contribution in [3.05, 3.63) is 29.6 Å². The topological polar surface area (TPSA) is 41.1 Å². The van der Waals surface area contributed by atoms with E-state index in [1.807, 2.05) is 0 Å². The predicted octanol–water partition coefficient (Wildman–Crippen LogP) is 2.41. The third-order valence-electron chi connectivity index (χ3n) is 2.98. The Hall–Kier alpha value is -1.58. The van der Waals surface area contributed by atoms with Crippen LogP contribution in [0.4, 0.5) is 14.9 Å². The Morgan fingerprint density at radius 2 is 2.13 bits per heavy atom. The zero-order chi connectivity index (χ0) is 10.4. The minimum atomic E-state index is -0.314. The van der Waals surface area contributed by atoms with E-state index in [1.54, 1.807) is 6.07 Å². The first kappa shape index (κ1) is 8.71. The Morgan fingerprint density at radius 3 is 2.87 bits per heavy atom. The zero-order valence-electron chi connectivity index (χ0n) is 8.09. The fourth-order valence-corrected chi connectivity index (χ4v) is 2.09. The summed E-state index contributed by atoms with van der Waals surface area (Å²) in [5, 5.41) is 5.50. The lowest BCUT2D eigenvalue weighted by atomic mass is 9.98. The maximum absolute atomic E-state index is 13.0. The van der Waals surface area contributed by atoms with E-state index >= 15 is 0 Å². The van der Waals surface area contributed by atoms with Crippen LogP contribution in [0, 0.1) is 11.7 Å². The van der Waals surface area contributed by atoms with Crippen LogP contribution in [-0.4, -0.2) is 6.03 Å². The summed E-state index contributed by atoms with van der Waals surface area (Å²) in [6.45, 7) is 0. The molecule has 1 aliphatic heterocycles. The number of anilines is 1. The number of amides is 2. The molecule has 78 valence electrons. The zero-order valence-corrected chi connectivity index (χ0v) is 8.09. The molecule has 1 fully saturated rings. The molecule has 15 heavy (non-hydrogen) atoms. The van der Waals surface area contributed by atoms with Gasteiger partial charge in [0.05, 0.1) is 11.7 Å². The number of urea groups is 1. The molecule has 3 nitrogen and oxygen atoms in total. The van der Waals surface area contributed by atoms with Crippen LogP contribution in [0.1, 0.15) is 24.4 Å². The van der Waals surface area contributed by atoms with Crippen molar-refractivity contribution in [2.75, 3.05) is 5.32 Å². The van der Waals surface area contributed by atoms with Crippen molar-refractivity contribution in [1.82, 2.24) is 5.32 Å². The number of benzene rings is 1. The summed E-state index contributed by atoms with van der Waals surface area (Å²) < 4.78 is 13.0. The highest BCUT2D eigenvalue weighted by molar-refractivity contribution is 5.93. The summed E-state index contributed by atoms with van der Waals surface area (Å²) in [6, 6.07) is 4.40. The predicted molar refractivity (Wildman–Crippen MR) is 54.0 cm³/mol. The number of halogens is 1. The molecule has 3 rings (SSSR count). The molecule has 1 atom stereocenters. The number of hydrogen-bond acceptors (Lipinski definition) is 1. The molecule has 2 amide bonds. The molecule has 1 saturated carbocycles. The largest absolute Gasteiger partial charge is 0.331 e. The lowest BCUT2D eigenvalue weighted by Crippen LogP contribution is -2.38. The van der Waals surface area contributed by atoms with Gasteiger partial charge in [-0.25, -0.2) is 9.18 Å². The van der Waals surface area contributed by atoms with E-state index in [1.165, 1.54) is 12.1 Å². The van der Waals surface area contributed by atoms with Gasteiger partial charge in [-0.05, 0) is 36.5 Å². The summed E-state index contributed by atoms with van der Waals surface area (Å²) in [7, 11) is 0. The second-order valence-electron chi connectivity index (χ2n) is 4.15. The molecule has 2 aliphatic rings. The smallest absolute Gasteiger partial charge is 0.319 e. The number of fused-ring (bicyclic) bond motifs is 1. The van der Waals surface area contributed by atoms with Gasteiger partial charge in [-0.15, -0.1) is 0 Å². The minimum Gasteiger partial charge on any atom is -0.331 e. The van der Waals surface area contributed by atoms with Gasteiger partial charge in [-0.3, -0.25) is 0 Å². The van der Waals surface area contributed by atoms with E-state index in [9.17, 15) is 9.18 Å². The average Bonchev–Trinajstić information content (AvgIpc) is 2.98. The third-order valence-corrected chi connectivity index (χ3v) is 2.98. The summed E-state index contributed by atoms with van der Waals surface area (Å²) in [5.74, 6) is 0.214. The number of rotatable bonds is 1. The van der Waals surface area contributed by atoms with Crippen LogP contribution in [-0.2, 0) is 0 Å². The highest BCUT2D eigenvalue weighted by atomic mass is 19.1. The molecule has 1 aromatic carbocycles. The first-order valence-corrected chi connectivity index (χ1v) is 5.11. The Kier molecular flexibility index (Phi) is 1.71. The molecule has 1 unspecified atom stereocenters. The highest BCUT2D eigenvalue weighted by Gasteiger charge is 2.37. The normalized spacial score (nSPS) is 24.1. The monoisotopic (exact) mass is 206 g/mol. The van der Waals surface area contributed by atoms with E-state index in [0.717, 1.165) is 18.4 Å². The number of carbonyl (C=O) groups is 1. The molecular formula is C11H11FN2O.